The number of hydrogen-bond acceptors (Lipinski definition) is 4. The van der Waals surface area contributed by atoms with Crippen LogP contribution in [0.3, 0.4) is 0 Å². The van der Waals surface area contributed by atoms with Crippen LogP contribution in [0, 0.1) is 6.92 Å². The number of fused-ring (bicyclic) bond motifs is 1. The van der Waals surface area contributed by atoms with E-state index in [0.717, 1.165) is 4.90 Å². The average molecular weight is 290 g/mol. The van der Waals surface area contributed by atoms with Gasteiger partial charge in [0.2, 0.25) is 5.91 Å². The number of rotatable bonds is 4. The minimum absolute atomic E-state index is 0.256. The zero-order chi connectivity index (χ0) is 15.7. The van der Waals surface area contributed by atoms with Crippen molar-refractivity contribution in [3.05, 3.63) is 29.3 Å². The van der Waals surface area contributed by atoms with Gasteiger partial charge in [0.15, 0.2) is 0 Å². The van der Waals surface area contributed by atoms with E-state index in [2.05, 4.69) is 5.32 Å². The summed E-state index contributed by atoms with van der Waals surface area (Å²) in [5.41, 5.74) is 1.36. The molecule has 0 bridgehead atoms. The topological polar surface area (TPSA) is 104 Å². The largest absolute Gasteiger partial charge is 0.480 e. The Balaban J connectivity index is 2.37. The van der Waals surface area contributed by atoms with Gasteiger partial charge in [-0.05, 0) is 18.6 Å². The fourth-order valence-corrected chi connectivity index (χ4v) is 2.33. The molecule has 0 saturated carbocycles. The van der Waals surface area contributed by atoms with E-state index in [-0.39, 0.29) is 12.1 Å². The Kier molecular flexibility index (Phi) is 3.75. The van der Waals surface area contributed by atoms with Gasteiger partial charge in [0.25, 0.3) is 11.7 Å². The van der Waals surface area contributed by atoms with Gasteiger partial charge in [0.05, 0.1) is 17.8 Å². The van der Waals surface area contributed by atoms with E-state index in [1.54, 1.807) is 19.1 Å². The summed E-state index contributed by atoms with van der Waals surface area (Å²) in [6.45, 7) is 2.62. The number of carbonyl (C=O) groups is 4. The number of carbonyl (C=O) groups excluding carboxylic acids is 3. The number of ketones is 1. The third-order valence-corrected chi connectivity index (χ3v) is 3.23. The van der Waals surface area contributed by atoms with Crippen molar-refractivity contribution in [3.63, 3.8) is 0 Å². The monoisotopic (exact) mass is 290 g/mol. The highest BCUT2D eigenvalue weighted by molar-refractivity contribution is 6.52. The van der Waals surface area contributed by atoms with Crippen LogP contribution in [0.1, 0.15) is 22.8 Å². The van der Waals surface area contributed by atoms with Gasteiger partial charge in [-0.25, -0.2) is 4.79 Å². The first-order valence-corrected chi connectivity index (χ1v) is 6.28. The van der Waals surface area contributed by atoms with E-state index in [1.807, 2.05) is 0 Å². The van der Waals surface area contributed by atoms with Gasteiger partial charge >= 0.3 is 5.97 Å². The fraction of sp³-hybridized carbons (Fsp3) is 0.286. The van der Waals surface area contributed by atoms with Crippen molar-refractivity contribution >= 4 is 29.3 Å². The lowest BCUT2D eigenvalue weighted by molar-refractivity contribution is -0.141. The van der Waals surface area contributed by atoms with Gasteiger partial charge in [0.1, 0.15) is 6.04 Å². The van der Waals surface area contributed by atoms with Crippen LogP contribution < -0.4 is 10.2 Å². The molecular formula is C14H14N2O5. The number of nitrogens with zero attached hydrogens (tertiary/aromatic N) is 1. The molecule has 1 aliphatic heterocycles. The highest BCUT2D eigenvalue weighted by atomic mass is 16.4. The van der Waals surface area contributed by atoms with E-state index in [9.17, 15) is 19.2 Å². The van der Waals surface area contributed by atoms with Crippen LogP contribution in [0.5, 0.6) is 0 Å². The Morgan fingerprint density at radius 1 is 1.33 bits per heavy atom. The Bertz CT molecular complexity index is 653. The number of nitrogens with one attached hydrogen (secondary N) is 1. The molecule has 0 fully saturated rings. The van der Waals surface area contributed by atoms with Crippen LogP contribution >= 0.6 is 0 Å². The molecule has 110 valence electrons. The second-order valence-corrected chi connectivity index (χ2v) is 4.81. The lowest BCUT2D eigenvalue weighted by Gasteiger charge is -2.22. The molecule has 1 aromatic rings. The minimum Gasteiger partial charge on any atom is -0.480 e. The first-order valence-electron chi connectivity index (χ1n) is 6.28. The highest BCUT2D eigenvalue weighted by Crippen LogP contribution is 2.32. The number of aryl methyl sites for hydroxylation is 1. The third kappa shape index (κ3) is 2.62. The molecule has 1 aliphatic rings. The van der Waals surface area contributed by atoms with Crippen LogP contribution in [0.4, 0.5) is 5.69 Å². The molecule has 1 heterocycles. The molecule has 1 atom stereocenters. The van der Waals surface area contributed by atoms with Gasteiger partial charge < -0.3 is 15.3 Å². The van der Waals surface area contributed by atoms with E-state index >= 15 is 0 Å². The number of para-hydroxylation sites is 1. The molecule has 7 heteroatoms. The van der Waals surface area contributed by atoms with Crippen molar-refractivity contribution < 1.29 is 24.3 Å². The second-order valence-electron chi connectivity index (χ2n) is 4.81. The van der Waals surface area contributed by atoms with E-state index in [4.69, 9.17) is 5.11 Å². The first-order chi connectivity index (χ1) is 9.82. The normalized spacial score (nSPS) is 14.9. The summed E-state index contributed by atoms with van der Waals surface area (Å²) in [7, 11) is 0. The van der Waals surface area contributed by atoms with Crippen LogP contribution in [-0.4, -0.2) is 41.3 Å². The SMILES string of the molecule is CC(=O)NC(CN1C(=O)C(=O)c2cccc(C)c21)C(=O)O. The summed E-state index contributed by atoms with van der Waals surface area (Å²) in [4.78, 5) is 47.3. The molecule has 0 spiro atoms. The molecule has 1 aromatic carbocycles. The molecular weight excluding hydrogens is 276 g/mol. The Morgan fingerprint density at radius 2 is 2.00 bits per heavy atom. The maximum absolute atomic E-state index is 12.0. The maximum Gasteiger partial charge on any atom is 0.328 e. The second kappa shape index (κ2) is 5.35. The summed E-state index contributed by atoms with van der Waals surface area (Å²) in [6, 6.07) is 3.64. The quantitative estimate of drug-likeness (QED) is 0.766. The number of carboxylic acids is 1. The van der Waals surface area contributed by atoms with Crippen molar-refractivity contribution in [2.45, 2.75) is 19.9 Å². The maximum atomic E-state index is 12.0. The number of hydrogen-bond donors (Lipinski definition) is 2. The smallest absolute Gasteiger partial charge is 0.328 e. The van der Waals surface area contributed by atoms with Crippen molar-refractivity contribution in [1.82, 2.24) is 5.32 Å². The number of aliphatic carboxylic acids is 1. The van der Waals surface area contributed by atoms with Crippen molar-refractivity contribution in [2.75, 3.05) is 11.4 Å². The molecule has 0 aromatic heterocycles. The molecule has 0 radical (unpaired) electrons. The third-order valence-electron chi connectivity index (χ3n) is 3.23. The van der Waals surface area contributed by atoms with Crippen LogP contribution in [0.15, 0.2) is 18.2 Å². The van der Waals surface area contributed by atoms with E-state index in [0.29, 0.717) is 11.3 Å². The average Bonchev–Trinajstić information content (AvgIpc) is 2.64. The number of amides is 2. The number of carboxylic acid groups (broad SMARTS) is 1. The number of Topliss-reactive ketones (excluding diaryl/α,β-unsaturated/α-hetero) is 1. The summed E-state index contributed by atoms with van der Waals surface area (Å²) in [5.74, 6) is -3.24. The van der Waals surface area contributed by atoms with Gasteiger partial charge in [-0.1, -0.05) is 12.1 Å². The summed E-state index contributed by atoms with van der Waals surface area (Å²) in [6.07, 6.45) is 0. The highest BCUT2D eigenvalue weighted by Gasteiger charge is 2.39. The molecule has 21 heavy (non-hydrogen) atoms. The zero-order valence-electron chi connectivity index (χ0n) is 11.5. The van der Waals surface area contributed by atoms with E-state index < -0.39 is 29.6 Å². The molecule has 0 saturated heterocycles. The van der Waals surface area contributed by atoms with Gasteiger partial charge in [-0.3, -0.25) is 14.4 Å². The van der Waals surface area contributed by atoms with Crippen LogP contribution in [-0.2, 0) is 14.4 Å². The Hall–Kier alpha value is -2.70. The zero-order valence-corrected chi connectivity index (χ0v) is 11.5. The van der Waals surface area contributed by atoms with E-state index in [1.165, 1.54) is 13.0 Å². The minimum atomic E-state index is -1.27. The van der Waals surface area contributed by atoms with Gasteiger partial charge in [0, 0.05) is 6.92 Å². The predicted molar refractivity (Wildman–Crippen MR) is 73.1 cm³/mol. The molecule has 2 rings (SSSR count). The molecule has 0 aliphatic carbocycles. The van der Waals surface area contributed by atoms with Crippen molar-refractivity contribution in [2.24, 2.45) is 0 Å². The first kappa shape index (κ1) is 14.7. The molecule has 7 nitrogen and oxygen atoms in total. The fourth-order valence-electron chi connectivity index (χ4n) is 2.33. The Labute approximate surface area is 120 Å². The number of benzene rings is 1. The van der Waals surface area contributed by atoms with Crippen LogP contribution in [0.25, 0.3) is 0 Å². The predicted octanol–water partition coefficient (Wildman–Crippen LogP) is 0.114. The molecule has 1 unspecified atom stereocenters. The van der Waals surface area contributed by atoms with Gasteiger partial charge in [-0.2, -0.15) is 0 Å². The standard InChI is InChI=1S/C14H14N2O5/c1-7-4-3-5-9-11(7)16(13(19)12(9)18)6-10(14(20)21)15-8(2)17/h3-5,10H,6H2,1-2H3,(H,15,17)(H,20,21). The lowest BCUT2D eigenvalue weighted by Crippen LogP contribution is -2.49. The molecule has 2 N–H and O–H groups in total. The molecule has 2 amide bonds. The van der Waals surface area contributed by atoms with Gasteiger partial charge in [-0.15, -0.1) is 0 Å². The summed E-state index contributed by atoms with van der Waals surface area (Å²) in [5, 5.41) is 11.4. The summed E-state index contributed by atoms with van der Waals surface area (Å²) >= 11 is 0. The van der Waals surface area contributed by atoms with Crippen LogP contribution in [0.2, 0.25) is 0 Å². The summed E-state index contributed by atoms with van der Waals surface area (Å²) < 4.78 is 0. The lowest BCUT2D eigenvalue weighted by atomic mass is 10.1. The van der Waals surface area contributed by atoms with Crippen molar-refractivity contribution in [3.8, 4) is 0 Å². The number of anilines is 1. The van der Waals surface area contributed by atoms with Crippen molar-refractivity contribution in [1.29, 1.82) is 0 Å². The Morgan fingerprint density at radius 3 is 2.57 bits per heavy atom.